The molecule has 0 heterocycles. The van der Waals surface area contributed by atoms with Crippen LogP contribution in [0, 0.1) is 5.92 Å². The lowest BCUT2D eigenvalue weighted by Crippen LogP contribution is -2.36. The number of carbonyl (C=O) groups excluding carboxylic acids is 1. The Morgan fingerprint density at radius 3 is 2.47 bits per heavy atom. The maximum Gasteiger partial charge on any atom is 0.315 e. The molecule has 0 saturated carbocycles. The van der Waals surface area contributed by atoms with Crippen molar-refractivity contribution in [3.63, 3.8) is 0 Å². The fraction of sp³-hybridized carbons (Fsp3) is 0.385. The molecule has 0 aromatic heterocycles. The number of carboxylic acids is 1. The molecule has 0 fully saturated rings. The number of carbonyl (C=O) groups is 2. The predicted octanol–water partition coefficient (Wildman–Crippen LogP) is 2.36. The van der Waals surface area contributed by atoms with Crippen molar-refractivity contribution in [3.8, 4) is 0 Å². The molecule has 1 atom stereocenters. The molecule has 0 aliphatic carbocycles. The fourth-order valence-electron chi connectivity index (χ4n) is 1.37. The SMILES string of the molecule is CC(CCNC(=O)NCc1ccc(Br)cc1)C(=O)O. The van der Waals surface area contributed by atoms with Crippen molar-refractivity contribution in [1.82, 2.24) is 10.6 Å². The van der Waals surface area contributed by atoms with E-state index in [9.17, 15) is 9.59 Å². The van der Waals surface area contributed by atoms with Crippen LogP contribution in [-0.2, 0) is 11.3 Å². The summed E-state index contributed by atoms with van der Waals surface area (Å²) in [6, 6.07) is 7.35. The normalized spacial score (nSPS) is 11.7. The van der Waals surface area contributed by atoms with Gasteiger partial charge in [0.25, 0.3) is 0 Å². The van der Waals surface area contributed by atoms with Crippen molar-refractivity contribution < 1.29 is 14.7 Å². The first-order chi connectivity index (χ1) is 8.99. The number of hydrogen-bond donors (Lipinski definition) is 3. The molecule has 0 aliphatic rings. The molecule has 0 bridgehead atoms. The van der Waals surface area contributed by atoms with E-state index in [0.717, 1.165) is 10.0 Å². The first-order valence-electron chi connectivity index (χ1n) is 5.98. The van der Waals surface area contributed by atoms with E-state index in [1.165, 1.54) is 0 Å². The molecule has 1 unspecified atom stereocenters. The van der Waals surface area contributed by atoms with Crippen LogP contribution in [0.4, 0.5) is 4.79 Å². The van der Waals surface area contributed by atoms with Crippen LogP contribution >= 0.6 is 15.9 Å². The van der Waals surface area contributed by atoms with Crippen LogP contribution in [0.15, 0.2) is 28.7 Å². The number of nitrogens with one attached hydrogen (secondary N) is 2. The van der Waals surface area contributed by atoms with Crippen LogP contribution in [0.2, 0.25) is 0 Å². The minimum Gasteiger partial charge on any atom is -0.481 e. The van der Waals surface area contributed by atoms with Gasteiger partial charge in [-0.15, -0.1) is 0 Å². The predicted molar refractivity (Wildman–Crippen MR) is 75.8 cm³/mol. The third kappa shape index (κ3) is 6.24. The van der Waals surface area contributed by atoms with Crippen LogP contribution in [-0.4, -0.2) is 23.7 Å². The van der Waals surface area contributed by atoms with Gasteiger partial charge in [-0.05, 0) is 24.1 Å². The Morgan fingerprint density at radius 1 is 1.26 bits per heavy atom. The molecule has 0 aliphatic heterocycles. The number of urea groups is 1. The Bertz CT molecular complexity index is 434. The smallest absolute Gasteiger partial charge is 0.315 e. The average Bonchev–Trinajstić information content (AvgIpc) is 2.37. The third-order valence-electron chi connectivity index (χ3n) is 2.65. The first-order valence-corrected chi connectivity index (χ1v) is 6.77. The molecular formula is C13H17BrN2O3. The summed E-state index contributed by atoms with van der Waals surface area (Å²) in [6.07, 6.45) is 0.418. The van der Waals surface area contributed by atoms with Crippen LogP contribution < -0.4 is 10.6 Å². The molecule has 104 valence electrons. The van der Waals surface area contributed by atoms with Crippen LogP contribution in [0.25, 0.3) is 0 Å². The molecule has 0 radical (unpaired) electrons. The lowest BCUT2D eigenvalue weighted by molar-refractivity contribution is -0.141. The maximum absolute atomic E-state index is 11.5. The molecule has 3 N–H and O–H groups in total. The van der Waals surface area contributed by atoms with Crippen LogP contribution in [0.1, 0.15) is 18.9 Å². The van der Waals surface area contributed by atoms with Crippen molar-refractivity contribution in [2.45, 2.75) is 19.9 Å². The second-order valence-electron chi connectivity index (χ2n) is 4.26. The summed E-state index contributed by atoms with van der Waals surface area (Å²) < 4.78 is 0.989. The van der Waals surface area contributed by atoms with Crippen molar-refractivity contribution in [1.29, 1.82) is 0 Å². The van der Waals surface area contributed by atoms with Crippen molar-refractivity contribution in [2.24, 2.45) is 5.92 Å². The zero-order valence-electron chi connectivity index (χ0n) is 10.6. The van der Waals surface area contributed by atoms with Gasteiger partial charge in [0.05, 0.1) is 5.92 Å². The van der Waals surface area contributed by atoms with E-state index in [-0.39, 0.29) is 6.03 Å². The highest BCUT2D eigenvalue weighted by molar-refractivity contribution is 9.10. The van der Waals surface area contributed by atoms with E-state index in [2.05, 4.69) is 26.6 Å². The van der Waals surface area contributed by atoms with Gasteiger partial charge in [-0.3, -0.25) is 4.79 Å². The number of rotatable bonds is 6. The summed E-state index contributed by atoms with van der Waals surface area (Å²) in [7, 11) is 0. The van der Waals surface area contributed by atoms with E-state index in [1.54, 1.807) is 6.92 Å². The molecule has 5 nitrogen and oxygen atoms in total. The van der Waals surface area contributed by atoms with Gasteiger partial charge < -0.3 is 15.7 Å². The molecule has 1 aromatic rings. The van der Waals surface area contributed by atoms with Crippen LogP contribution in [0.5, 0.6) is 0 Å². The van der Waals surface area contributed by atoms with Gasteiger partial charge in [0.1, 0.15) is 0 Å². The second-order valence-corrected chi connectivity index (χ2v) is 5.18. The summed E-state index contributed by atoms with van der Waals surface area (Å²) in [5.41, 5.74) is 0.997. The van der Waals surface area contributed by atoms with Gasteiger partial charge in [-0.25, -0.2) is 4.79 Å². The number of aliphatic carboxylic acids is 1. The van der Waals surface area contributed by atoms with Crippen molar-refractivity contribution >= 4 is 27.9 Å². The highest BCUT2D eigenvalue weighted by Crippen LogP contribution is 2.10. The summed E-state index contributed by atoms with van der Waals surface area (Å²) in [5, 5.41) is 14.0. The standard InChI is InChI=1S/C13H17BrN2O3/c1-9(12(17)18)6-7-15-13(19)16-8-10-2-4-11(14)5-3-10/h2-5,9H,6-8H2,1H3,(H,17,18)(H2,15,16,19). The molecule has 6 heteroatoms. The van der Waals surface area contributed by atoms with Gasteiger partial charge in [0.2, 0.25) is 0 Å². The number of amides is 2. The van der Waals surface area contributed by atoms with Crippen molar-refractivity contribution in [3.05, 3.63) is 34.3 Å². The average molecular weight is 329 g/mol. The van der Waals surface area contributed by atoms with Gasteiger partial charge in [-0.2, -0.15) is 0 Å². The van der Waals surface area contributed by atoms with Crippen molar-refractivity contribution in [2.75, 3.05) is 6.54 Å². The number of hydrogen-bond acceptors (Lipinski definition) is 2. The Labute approximate surface area is 120 Å². The van der Waals surface area contributed by atoms with E-state index < -0.39 is 11.9 Å². The van der Waals surface area contributed by atoms with E-state index >= 15 is 0 Å². The number of benzene rings is 1. The zero-order chi connectivity index (χ0) is 14.3. The summed E-state index contributed by atoms with van der Waals surface area (Å²) in [5.74, 6) is -1.30. The third-order valence-corrected chi connectivity index (χ3v) is 3.18. The lowest BCUT2D eigenvalue weighted by atomic mass is 10.1. The summed E-state index contributed by atoms with van der Waals surface area (Å²) in [6.45, 7) is 2.40. The molecule has 0 saturated heterocycles. The molecular weight excluding hydrogens is 312 g/mol. The second kappa shape index (κ2) is 7.78. The molecule has 1 rings (SSSR count). The summed E-state index contributed by atoms with van der Waals surface area (Å²) >= 11 is 3.34. The van der Waals surface area contributed by atoms with Gasteiger partial charge in [0, 0.05) is 17.6 Å². The Morgan fingerprint density at radius 2 is 1.89 bits per heavy atom. The fourth-order valence-corrected chi connectivity index (χ4v) is 1.64. The summed E-state index contributed by atoms with van der Waals surface area (Å²) in [4.78, 5) is 22.0. The lowest BCUT2D eigenvalue weighted by Gasteiger charge is -2.09. The maximum atomic E-state index is 11.5. The van der Waals surface area contributed by atoms with Gasteiger partial charge >= 0.3 is 12.0 Å². The van der Waals surface area contributed by atoms with Crippen LogP contribution in [0.3, 0.4) is 0 Å². The molecule has 1 aromatic carbocycles. The van der Waals surface area contributed by atoms with E-state index in [0.29, 0.717) is 19.5 Å². The highest BCUT2D eigenvalue weighted by atomic mass is 79.9. The Kier molecular flexibility index (Phi) is 6.35. The van der Waals surface area contributed by atoms with Gasteiger partial charge in [-0.1, -0.05) is 35.0 Å². The minimum atomic E-state index is -0.850. The molecule has 19 heavy (non-hydrogen) atoms. The Hall–Kier alpha value is -1.56. The van der Waals surface area contributed by atoms with E-state index in [4.69, 9.17) is 5.11 Å². The Balaban J connectivity index is 2.21. The molecule has 2 amide bonds. The van der Waals surface area contributed by atoms with E-state index in [1.807, 2.05) is 24.3 Å². The minimum absolute atomic E-state index is 0.291. The largest absolute Gasteiger partial charge is 0.481 e. The van der Waals surface area contributed by atoms with Gasteiger partial charge in [0.15, 0.2) is 0 Å². The monoisotopic (exact) mass is 328 g/mol. The highest BCUT2D eigenvalue weighted by Gasteiger charge is 2.10. The number of carboxylic acid groups (broad SMARTS) is 1. The first kappa shape index (κ1) is 15.5. The topological polar surface area (TPSA) is 78.4 Å². The molecule has 0 spiro atoms. The number of halogens is 1. The zero-order valence-corrected chi connectivity index (χ0v) is 12.2. The quantitative estimate of drug-likeness (QED) is 0.750.